The fourth-order valence-corrected chi connectivity index (χ4v) is 3.42. The third-order valence-electron chi connectivity index (χ3n) is 3.49. The molecule has 0 aromatic carbocycles. The Balaban J connectivity index is 0.00000312. The van der Waals surface area contributed by atoms with Crippen molar-refractivity contribution in [3.63, 3.8) is 0 Å². The van der Waals surface area contributed by atoms with E-state index in [0.29, 0.717) is 28.8 Å². The van der Waals surface area contributed by atoms with Gasteiger partial charge in [0.15, 0.2) is 5.13 Å². The van der Waals surface area contributed by atoms with Crippen LogP contribution in [0.2, 0.25) is 0 Å². The van der Waals surface area contributed by atoms with E-state index in [1.807, 2.05) is 25.3 Å². The number of thiophene rings is 1. The van der Waals surface area contributed by atoms with Crippen molar-refractivity contribution in [2.24, 2.45) is 11.1 Å². The fourth-order valence-electron chi connectivity index (χ4n) is 2.10. The summed E-state index contributed by atoms with van der Waals surface area (Å²) in [5.74, 6) is -0.197. The summed E-state index contributed by atoms with van der Waals surface area (Å²) in [7, 11) is 1.77. The highest BCUT2D eigenvalue weighted by atomic mass is 35.5. The maximum Gasteiger partial charge on any atom is 0.267 e. The van der Waals surface area contributed by atoms with Gasteiger partial charge >= 0.3 is 0 Å². The first kappa shape index (κ1) is 24.8. The molecule has 2 heterocycles. The van der Waals surface area contributed by atoms with Crippen molar-refractivity contribution in [2.45, 2.75) is 20.3 Å². The molecule has 0 aliphatic carbocycles. The van der Waals surface area contributed by atoms with Gasteiger partial charge in [0, 0.05) is 19.0 Å². The molecule has 0 spiro atoms. The number of carbonyl (C=O) groups excluding carboxylic acids is 2. The van der Waals surface area contributed by atoms with E-state index in [-0.39, 0.29) is 48.5 Å². The number of rotatable bonds is 7. The molecule has 0 atom stereocenters. The molecule has 0 fully saturated rings. The summed E-state index contributed by atoms with van der Waals surface area (Å²) < 4.78 is 0. The van der Waals surface area contributed by atoms with Gasteiger partial charge in [0.05, 0.1) is 17.0 Å². The second-order valence-electron chi connectivity index (χ2n) is 6.37. The van der Waals surface area contributed by atoms with E-state index in [4.69, 9.17) is 5.73 Å². The van der Waals surface area contributed by atoms with Crippen molar-refractivity contribution in [1.29, 1.82) is 0 Å². The predicted octanol–water partition coefficient (Wildman–Crippen LogP) is 3.29. The van der Waals surface area contributed by atoms with Crippen LogP contribution in [-0.4, -0.2) is 41.8 Å². The number of nitrogens with one attached hydrogen (secondary N) is 1. The number of hydrogen-bond acceptors (Lipinski definition) is 6. The van der Waals surface area contributed by atoms with E-state index in [1.165, 1.54) is 22.7 Å². The summed E-state index contributed by atoms with van der Waals surface area (Å²) in [6.07, 6.45) is 0.211. The largest absolute Gasteiger partial charge is 0.345 e. The minimum atomic E-state index is -0.181. The van der Waals surface area contributed by atoms with Gasteiger partial charge in [-0.1, -0.05) is 19.9 Å². The van der Waals surface area contributed by atoms with Gasteiger partial charge in [-0.3, -0.25) is 14.9 Å². The lowest BCUT2D eigenvalue weighted by Crippen LogP contribution is -2.40. The number of aromatic nitrogens is 1. The lowest BCUT2D eigenvalue weighted by atomic mass is 9.93. The highest BCUT2D eigenvalue weighted by Gasteiger charge is 2.22. The van der Waals surface area contributed by atoms with Crippen molar-refractivity contribution in [2.75, 3.05) is 25.5 Å². The van der Waals surface area contributed by atoms with Gasteiger partial charge in [-0.05, 0) is 23.4 Å². The van der Waals surface area contributed by atoms with E-state index in [1.54, 1.807) is 23.4 Å². The zero-order chi connectivity index (χ0) is 17.7. The third kappa shape index (κ3) is 7.20. The average Bonchev–Trinajstić information content (AvgIpc) is 3.18. The van der Waals surface area contributed by atoms with Crippen LogP contribution in [0.1, 0.15) is 29.2 Å². The Bertz CT molecular complexity index is 705. The molecule has 3 N–H and O–H groups in total. The molecule has 146 valence electrons. The molecule has 0 bridgehead atoms. The van der Waals surface area contributed by atoms with Crippen LogP contribution in [-0.2, 0) is 11.2 Å². The summed E-state index contributed by atoms with van der Waals surface area (Å²) in [6, 6.07) is 3.58. The standard InChI is InChI=1S/C16H22N4O2S2.2ClH/c1-16(2,9-17)10-20(3)13(21)7-11-8-24-15(18-11)19-14(22)12-5-4-6-23-12;;/h4-6,8H,7,9-10,17H2,1-3H3,(H,18,19,22);2*1H. The zero-order valence-corrected chi connectivity index (χ0v) is 18.1. The number of likely N-dealkylation sites (N-methyl/N-ethyl adjacent to an activating group) is 1. The molecule has 0 aliphatic heterocycles. The number of carbonyl (C=O) groups is 2. The molecule has 0 aliphatic rings. The second-order valence-corrected chi connectivity index (χ2v) is 8.18. The van der Waals surface area contributed by atoms with Crippen LogP contribution in [0.4, 0.5) is 5.13 Å². The van der Waals surface area contributed by atoms with Crippen molar-refractivity contribution in [3.05, 3.63) is 33.5 Å². The number of thiazole rings is 1. The molecule has 0 saturated carbocycles. The summed E-state index contributed by atoms with van der Waals surface area (Å²) in [6.45, 7) is 5.16. The van der Waals surface area contributed by atoms with E-state index in [0.717, 1.165) is 0 Å². The van der Waals surface area contributed by atoms with E-state index < -0.39 is 0 Å². The molecular weight excluding hydrogens is 415 g/mol. The number of halogens is 2. The summed E-state index contributed by atoms with van der Waals surface area (Å²) in [4.78, 5) is 30.9. The zero-order valence-electron chi connectivity index (χ0n) is 14.9. The quantitative estimate of drug-likeness (QED) is 0.693. The molecule has 0 unspecified atom stereocenters. The minimum absolute atomic E-state index is 0. The van der Waals surface area contributed by atoms with Crippen molar-refractivity contribution in [1.82, 2.24) is 9.88 Å². The molecule has 2 aromatic rings. The van der Waals surface area contributed by atoms with Crippen LogP contribution in [0.3, 0.4) is 0 Å². The molecule has 26 heavy (non-hydrogen) atoms. The van der Waals surface area contributed by atoms with E-state index in [9.17, 15) is 9.59 Å². The highest BCUT2D eigenvalue weighted by molar-refractivity contribution is 7.14. The van der Waals surface area contributed by atoms with Gasteiger partial charge in [-0.15, -0.1) is 47.5 Å². The second kappa shape index (κ2) is 10.8. The van der Waals surface area contributed by atoms with Gasteiger partial charge < -0.3 is 10.6 Å². The first-order chi connectivity index (χ1) is 11.3. The van der Waals surface area contributed by atoms with Crippen LogP contribution >= 0.6 is 47.5 Å². The minimum Gasteiger partial charge on any atom is -0.345 e. The first-order valence-corrected chi connectivity index (χ1v) is 9.30. The summed E-state index contributed by atoms with van der Waals surface area (Å²) >= 11 is 2.69. The normalized spacial score (nSPS) is 10.5. The van der Waals surface area contributed by atoms with Crippen LogP contribution in [0.25, 0.3) is 0 Å². The highest BCUT2D eigenvalue weighted by Crippen LogP contribution is 2.19. The van der Waals surface area contributed by atoms with Crippen molar-refractivity contribution < 1.29 is 9.59 Å². The molecule has 2 rings (SSSR count). The Morgan fingerprint density at radius 2 is 2.00 bits per heavy atom. The fraction of sp³-hybridized carbons (Fsp3) is 0.438. The SMILES string of the molecule is CN(CC(C)(C)CN)C(=O)Cc1csc(NC(=O)c2cccs2)n1.Cl.Cl. The molecule has 6 nitrogen and oxygen atoms in total. The van der Waals surface area contributed by atoms with Crippen molar-refractivity contribution >= 4 is 64.4 Å². The number of amides is 2. The van der Waals surface area contributed by atoms with E-state index in [2.05, 4.69) is 10.3 Å². The Morgan fingerprint density at radius 3 is 2.58 bits per heavy atom. The van der Waals surface area contributed by atoms with Gasteiger partial charge in [0.25, 0.3) is 5.91 Å². The van der Waals surface area contributed by atoms with Crippen LogP contribution in [0.5, 0.6) is 0 Å². The molecule has 10 heteroatoms. The van der Waals surface area contributed by atoms with Gasteiger partial charge in [0.1, 0.15) is 0 Å². The Kier molecular flexibility index (Phi) is 10.3. The average molecular weight is 439 g/mol. The van der Waals surface area contributed by atoms with Crippen LogP contribution < -0.4 is 11.1 Å². The molecule has 0 radical (unpaired) electrons. The molecule has 2 aromatic heterocycles. The van der Waals surface area contributed by atoms with Crippen LogP contribution in [0.15, 0.2) is 22.9 Å². The van der Waals surface area contributed by atoms with Gasteiger partial charge in [0.2, 0.25) is 5.91 Å². The maximum atomic E-state index is 12.3. The topological polar surface area (TPSA) is 88.3 Å². The Labute approximate surface area is 174 Å². The Hall–Kier alpha value is -1.19. The van der Waals surface area contributed by atoms with Gasteiger partial charge in [-0.2, -0.15) is 0 Å². The predicted molar refractivity (Wildman–Crippen MR) is 113 cm³/mol. The lowest BCUT2D eigenvalue weighted by molar-refractivity contribution is -0.130. The van der Waals surface area contributed by atoms with Crippen molar-refractivity contribution in [3.8, 4) is 0 Å². The van der Waals surface area contributed by atoms with E-state index >= 15 is 0 Å². The first-order valence-electron chi connectivity index (χ1n) is 7.54. The van der Waals surface area contributed by atoms with Crippen LogP contribution in [0, 0.1) is 5.41 Å². The number of nitrogens with zero attached hydrogens (tertiary/aromatic N) is 2. The molecular formula is C16H24Cl2N4O2S2. The summed E-state index contributed by atoms with van der Waals surface area (Å²) in [5.41, 5.74) is 6.25. The van der Waals surface area contributed by atoms with Gasteiger partial charge in [-0.25, -0.2) is 4.98 Å². The number of hydrogen-bond donors (Lipinski definition) is 2. The molecule has 0 saturated heterocycles. The molecule has 2 amide bonds. The third-order valence-corrected chi connectivity index (χ3v) is 5.17. The number of nitrogens with two attached hydrogens (primary N) is 1. The number of anilines is 1. The maximum absolute atomic E-state index is 12.3. The smallest absolute Gasteiger partial charge is 0.267 e. The Morgan fingerprint density at radius 1 is 1.31 bits per heavy atom. The monoisotopic (exact) mass is 438 g/mol. The summed E-state index contributed by atoms with van der Waals surface area (Å²) in [5, 5.41) is 6.90. The lowest BCUT2D eigenvalue weighted by Gasteiger charge is -2.28.